The van der Waals surface area contributed by atoms with Crippen LogP contribution < -0.4 is 0 Å². The topological polar surface area (TPSA) is 17.1 Å². The molecular formula is C17H30O. The second-order valence-corrected chi connectivity index (χ2v) is 5.64. The van der Waals surface area contributed by atoms with E-state index in [0.29, 0.717) is 5.78 Å². The number of allylic oxidation sites excluding steroid dienone is 2. The first kappa shape index (κ1) is 15.5. The standard InChI is InChI=1S/C17H30O/c1-5-9-13-14(10-6-2)16(12-8-4)17(18)15(13)11-7-3/h15-16H,5-12H2,1-4H3. The van der Waals surface area contributed by atoms with E-state index in [-0.39, 0.29) is 11.8 Å². The summed E-state index contributed by atoms with van der Waals surface area (Å²) in [5.74, 6) is 1.09. The van der Waals surface area contributed by atoms with E-state index in [1.54, 1.807) is 0 Å². The lowest BCUT2D eigenvalue weighted by atomic mass is 9.90. The van der Waals surface area contributed by atoms with Gasteiger partial charge in [0.25, 0.3) is 0 Å². The van der Waals surface area contributed by atoms with E-state index in [0.717, 1.165) is 38.5 Å². The molecule has 1 aliphatic rings. The third-order valence-electron chi connectivity index (χ3n) is 4.13. The molecular weight excluding hydrogens is 220 g/mol. The van der Waals surface area contributed by atoms with Gasteiger partial charge in [-0.2, -0.15) is 0 Å². The van der Waals surface area contributed by atoms with Crippen molar-refractivity contribution in [2.24, 2.45) is 11.8 Å². The highest BCUT2D eigenvalue weighted by atomic mass is 16.1. The maximum absolute atomic E-state index is 12.6. The molecule has 1 aliphatic carbocycles. The van der Waals surface area contributed by atoms with Crippen LogP contribution in [0.25, 0.3) is 0 Å². The zero-order valence-corrected chi connectivity index (χ0v) is 12.7. The molecule has 0 fully saturated rings. The fraction of sp³-hybridized carbons (Fsp3) is 0.824. The number of carbonyl (C=O) groups is 1. The molecule has 0 N–H and O–H groups in total. The molecule has 18 heavy (non-hydrogen) atoms. The van der Waals surface area contributed by atoms with Gasteiger partial charge in [0.15, 0.2) is 0 Å². The molecule has 1 heteroatoms. The fourth-order valence-electron chi connectivity index (χ4n) is 3.45. The largest absolute Gasteiger partial charge is 0.298 e. The molecule has 2 unspecified atom stereocenters. The molecule has 2 atom stereocenters. The van der Waals surface area contributed by atoms with Crippen LogP contribution in [0.15, 0.2) is 11.1 Å². The second-order valence-electron chi connectivity index (χ2n) is 5.64. The highest BCUT2D eigenvalue weighted by molar-refractivity contribution is 5.92. The maximum Gasteiger partial charge on any atom is 0.147 e. The summed E-state index contributed by atoms with van der Waals surface area (Å²) in [6.07, 6.45) is 9.04. The first-order chi connectivity index (χ1) is 8.71. The maximum atomic E-state index is 12.6. The van der Waals surface area contributed by atoms with Crippen molar-refractivity contribution in [2.45, 2.75) is 79.1 Å². The molecule has 0 saturated carbocycles. The predicted molar refractivity (Wildman–Crippen MR) is 78.6 cm³/mol. The molecule has 0 spiro atoms. The van der Waals surface area contributed by atoms with E-state index in [1.807, 2.05) is 0 Å². The SMILES string of the molecule is CCCC1=C(CCC)C(CCC)C(=O)C1CCC. The summed E-state index contributed by atoms with van der Waals surface area (Å²) in [6, 6.07) is 0. The minimum Gasteiger partial charge on any atom is -0.298 e. The summed E-state index contributed by atoms with van der Waals surface area (Å²) in [5, 5.41) is 0. The number of carbonyl (C=O) groups excluding carboxylic acids is 1. The van der Waals surface area contributed by atoms with Crippen LogP contribution in [0.3, 0.4) is 0 Å². The van der Waals surface area contributed by atoms with E-state index in [9.17, 15) is 4.79 Å². The Morgan fingerprint density at radius 1 is 0.722 bits per heavy atom. The van der Waals surface area contributed by atoms with Gasteiger partial charge in [0.2, 0.25) is 0 Å². The molecule has 1 rings (SSSR count). The van der Waals surface area contributed by atoms with Gasteiger partial charge in [-0.05, 0) is 25.7 Å². The number of Topliss-reactive ketones (excluding diaryl/α,β-unsaturated/α-hetero) is 1. The molecule has 0 radical (unpaired) electrons. The Bertz CT molecular complexity index is 273. The Morgan fingerprint density at radius 2 is 1.11 bits per heavy atom. The van der Waals surface area contributed by atoms with Crippen LogP contribution in [-0.4, -0.2) is 5.78 Å². The van der Waals surface area contributed by atoms with Crippen molar-refractivity contribution in [3.63, 3.8) is 0 Å². The summed E-state index contributed by atoms with van der Waals surface area (Å²) in [5.41, 5.74) is 3.06. The summed E-state index contributed by atoms with van der Waals surface area (Å²) in [6.45, 7) is 8.86. The third kappa shape index (κ3) is 3.24. The lowest BCUT2D eigenvalue weighted by molar-refractivity contribution is -0.123. The summed E-state index contributed by atoms with van der Waals surface area (Å²) in [4.78, 5) is 12.6. The van der Waals surface area contributed by atoms with E-state index in [1.165, 1.54) is 24.0 Å². The number of ketones is 1. The van der Waals surface area contributed by atoms with E-state index >= 15 is 0 Å². The molecule has 104 valence electrons. The van der Waals surface area contributed by atoms with Gasteiger partial charge in [0.05, 0.1) is 0 Å². The van der Waals surface area contributed by atoms with Gasteiger partial charge in [0.1, 0.15) is 5.78 Å². The van der Waals surface area contributed by atoms with Crippen LogP contribution in [0.5, 0.6) is 0 Å². The minimum atomic E-state index is 0.271. The van der Waals surface area contributed by atoms with E-state index in [2.05, 4.69) is 27.7 Å². The van der Waals surface area contributed by atoms with Crippen molar-refractivity contribution in [3.05, 3.63) is 11.1 Å². The van der Waals surface area contributed by atoms with Crippen molar-refractivity contribution in [1.29, 1.82) is 0 Å². The van der Waals surface area contributed by atoms with Crippen LogP contribution in [0, 0.1) is 11.8 Å². The number of hydrogen-bond donors (Lipinski definition) is 0. The smallest absolute Gasteiger partial charge is 0.147 e. The molecule has 0 amide bonds. The first-order valence-electron chi connectivity index (χ1n) is 7.96. The van der Waals surface area contributed by atoms with Crippen molar-refractivity contribution < 1.29 is 4.79 Å². The Balaban J connectivity index is 3.02. The summed E-state index contributed by atoms with van der Waals surface area (Å²) in [7, 11) is 0. The van der Waals surface area contributed by atoms with E-state index in [4.69, 9.17) is 0 Å². The average Bonchev–Trinajstić information content (AvgIpc) is 2.58. The van der Waals surface area contributed by atoms with Crippen LogP contribution in [0.4, 0.5) is 0 Å². The predicted octanol–water partition coefficient (Wildman–Crippen LogP) is 5.30. The van der Waals surface area contributed by atoms with Crippen molar-refractivity contribution >= 4 is 5.78 Å². The lowest BCUT2D eigenvalue weighted by Gasteiger charge is -2.12. The zero-order valence-electron chi connectivity index (χ0n) is 12.7. The Kier molecular flexibility index (Phi) is 6.67. The highest BCUT2D eigenvalue weighted by Gasteiger charge is 2.38. The van der Waals surface area contributed by atoms with Gasteiger partial charge >= 0.3 is 0 Å². The van der Waals surface area contributed by atoms with Gasteiger partial charge in [0, 0.05) is 11.8 Å². The minimum absolute atomic E-state index is 0.271. The van der Waals surface area contributed by atoms with Gasteiger partial charge in [-0.15, -0.1) is 0 Å². The number of hydrogen-bond acceptors (Lipinski definition) is 1. The fourth-order valence-corrected chi connectivity index (χ4v) is 3.45. The normalized spacial score (nSPS) is 24.1. The zero-order chi connectivity index (χ0) is 13.5. The molecule has 1 nitrogen and oxygen atoms in total. The van der Waals surface area contributed by atoms with Crippen molar-refractivity contribution in [3.8, 4) is 0 Å². The van der Waals surface area contributed by atoms with Crippen molar-refractivity contribution in [2.75, 3.05) is 0 Å². The van der Waals surface area contributed by atoms with Crippen LogP contribution in [-0.2, 0) is 4.79 Å². The highest BCUT2D eigenvalue weighted by Crippen LogP contribution is 2.42. The van der Waals surface area contributed by atoms with Crippen molar-refractivity contribution in [1.82, 2.24) is 0 Å². The summed E-state index contributed by atoms with van der Waals surface area (Å²) < 4.78 is 0. The van der Waals surface area contributed by atoms with E-state index < -0.39 is 0 Å². The number of rotatable bonds is 8. The second kappa shape index (κ2) is 7.76. The lowest BCUT2D eigenvalue weighted by Crippen LogP contribution is -2.17. The van der Waals surface area contributed by atoms with Gasteiger partial charge in [-0.25, -0.2) is 0 Å². The van der Waals surface area contributed by atoms with Crippen LogP contribution >= 0.6 is 0 Å². The molecule has 0 bridgehead atoms. The Labute approximate surface area is 113 Å². The Hall–Kier alpha value is -0.590. The Morgan fingerprint density at radius 3 is 1.39 bits per heavy atom. The van der Waals surface area contributed by atoms with Crippen LogP contribution in [0.1, 0.15) is 79.1 Å². The average molecular weight is 250 g/mol. The summed E-state index contributed by atoms with van der Waals surface area (Å²) >= 11 is 0. The molecule has 0 aliphatic heterocycles. The monoisotopic (exact) mass is 250 g/mol. The van der Waals surface area contributed by atoms with Gasteiger partial charge in [-0.3, -0.25) is 4.79 Å². The van der Waals surface area contributed by atoms with Gasteiger partial charge < -0.3 is 0 Å². The van der Waals surface area contributed by atoms with Crippen LogP contribution in [0.2, 0.25) is 0 Å². The quantitative estimate of drug-likeness (QED) is 0.534. The third-order valence-corrected chi connectivity index (χ3v) is 4.13. The molecule has 0 aromatic heterocycles. The molecule has 0 aromatic carbocycles. The van der Waals surface area contributed by atoms with Gasteiger partial charge in [-0.1, -0.05) is 64.5 Å². The molecule has 0 aromatic rings. The molecule has 0 saturated heterocycles. The molecule has 0 heterocycles. The first-order valence-corrected chi connectivity index (χ1v) is 7.96.